The lowest BCUT2D eigenvalue weighted by molar-refractivity contribution is -0.121. The lowest BCUT2D eigenvalue weighted by atomic mass is 9.99. The highest BCUT2D eigenvalue weighted by Gasteiger charge is 2.29. The SMILES string of the molecule is CCOC(=O)Oc1cn2cc(NC(=O)C(C[C@@H]3CCCCO3)n3cc(OC)c(-c4cc(Cl)ccc4C#N)cc3=O)ccc2n1. The molecule has 0 radical (unpaired) electrons. The van der Waals surface area contributed by atoms with Crippen molar-refractivity contribution in [3.05, 3.63) is 75.9 Å². The van der Waals surface area contributed by atoms with Crippen LogP contribution >= 0.6 is 11.6 Å². The number of carbonyl (C=O) groups is 2. The quantitative estimate of drug-likeness (QED) is 0.244. The van der Waals surface area contributed by atoms with Crippen molar-refractivity contribution in [2.45, 2.75) is 44.8 Å². The third kappa shape index (κ3) is 6.85. The van der Waals surface area contributed by atoms with E-state index in [-0.39, 0.29) is 25.0 Å². The van der Waals surface area contributed by atoms with E-state index in [4.69, 9.17) is 30.5 Å². The van der Waals surface area contributed by atoms with Gasteiger partial charge in [-0.25, -0.2) is 4.79 Å². The first kappa shape index (κ1) is 30.6. The van der Waals surface area contributed by atoms with Gasteiger partial charge in [-0.2, -0.15) is 10.2 Å². The molecule has 0 saturated carbocycles. The Kier molecular flexibility index (Phi) is 9.47. The fourth-order valence-electron chi connectivity index (χ4n) is 5.12. The number of nitrogens with zero attached hydrogens (tertiary/aromatic N) is 4. The number of halogens is 1. The first-order valence-corrected chi connectivity index (χ1v) is 14.4. The molecule has 3 aromatic heterocycles. The second kappa shape index (κ2) is 13.6. The van der Waals surface area contributed by atoms with Crippen molar-refractivity contribution in [2.75, 3.05) is 25.6 Å². The predicted octanol–water partition coefficient (Wildman–Crippen LogP) is 5.37. The number of nitriles is 1. The molecule has 0 spiro atoms. The second-order valence-electron chi connectivity index (χ2n) is 10.1. The zero-order valence-electron chi connectivity index (χ0n) is 24.1. The maximum atomic E-state index is 13.9. The van der Waals surface area contributed by atoms with Crippen LogP contribution in [0.15, 0.2) is 59.8 Å². The summed E-state index contributed by atoms with van der Waals surface area (Å²) < 4.78 is 24.3. The molecule has 0 bridgehead atoms. The minimum absolute atomic E-state index is 0.0391. The number of hydrogen-bond donors (Lipinski definition) is 1. The summed E-state index contributed by atoms with van der Waals surface area (Å²) in [4.78, 5) is 43.4. The van der Waals surface area contributed by atoms with Gasteiger partial charge in [0.25, 0.3) is 5.56 Å². The summed E-state index contributed by atoms with van der Waals surface area (Å²) in [6.45, 7) is 2.40. The monoisotopic (exact) mass is 619 g/mol. The molecule has 44 heavy (non-hydrogen) atoms. The average Bonchev–Trinajstić information content (AvgIpc) is 3.41. The summed E-state index contributed by atoms with van der Waals surface area (Å²) in [7, 11) is 1.45. The molecule has 13 heteroatoms. The molecule has 1 saturated heterocycles. The van der Waals surface area contributed by atoms with Gasteiger partial charge >= 0.3 is 6.16 Å². The van der Waals surface area contributed by atoms with Gasteiger partial charge in [0.05, 0.1) is 49.5 Å². The fourth-order valence-corrected chi connectivity index (χ4v) is 5.29. The number of ether oxygens (including phenoxy) is 4. The van der Waals surface area contributed by atoms with Gasteiger partial charge in [0.15, 0.2) is 0 Å². The number of benzene rings is 1. The molecule has 1 unspecified atom stereocenters. The molecule has 4 aromatic rings. The van der Waals surface area contributed by atoms with Crippen molar-refractivity contribution in [3.63, 3.8) is 0 Å². The number of pyridine rings is 2. The van der Waals surface area contributed by atoms with Crippen molar-refractivity contribution in [1.29, 1.82) is 5.26 Å². The summed E-state index contributed by atoms with van der Waals surface area (Å²) in [5.74, 6) is -0.115. The Labute approximate surface area is 257 Å². The minimum Gasteiger partial charge on any atom is -0.495 e. The van der Waals surface area contributed by atoms with E-state index < -0.39 is 23.7 Å². The van der Waals surface area contributed by atoms with E-state index in [0.29, 0.717) is 45.4 Å². The molecular formula is C31H30ClN5O7. The van der Waals surface area contributed by atoms with E-state index in [0.717, 1.165) is 19.3 Å². The van der Waals surface area contributed by atoms with Crippen LogP contribution in [0, 0.1) is 11.3 Å². The average molecular weight is 620 g/mol. The molecule has 12 nitrogen and oxygen atoms in total. The Morgan fingerprint density at radius 3 is 2.75 bits per heavy atom. The number of imidazole rings is 1. The molecule has 1 aromatic carbocycles. The Morgan fingerprint density at radius 2 is 2.02 bits per heavy atom. The summed E-state index contributed by atoms with van der Waals surface area (Å²) in [6.07, 6.45) is 6.36. The van der Waals surface area contributed by atoms with Crippen LogP contribution in [0.3, 0.4) is 0 Å². The van der Waals surface area contributed by atoms with Gasteiger partial charge in [-0.15, -0.1) is 0 Å². The van der Waals surface area contributed by atoms with Crippen molar-refractivity contribution < 1.29 is 28.5 Å². The highest BCUT2D eigenvalue weighted by Crippen LogP contribution is 2.34. The summed E-state index contributed by atoms with van der Waals surface area (Å²) >= 11 is 6.21. The highest BCUT2D eigenvalue weighted by atomic mass is 35.5. The van der Waals surface area contributed by atoms with Gasteiger partial charge in [-0.05, 0) is 56.5 Å². The van der Waals surface area contributed by atoms with Crippen LogP contribution in [-0.4, -0.2) is 52.4 Å². The summed E-state index contributed by atoms with van der Waals surface area (Å²) in [5, 5.41) is 12.9. The number of methoxy groups -OCH3 is 1. The number of carbonyl (C=O) groups excluding carboxylic acids is 2. The maximum absolute atomic E-state index is 13.9. The highest BCUT2D eigenvalue weighted by molar-refractivity contribution is 6.31. The largest absolute Gasteiger partial charge is 0.515 e. The van der Waals surface area contributed by atoms with Gasteiger partial charge in [0.2, 0.25) is 11.8 Å². The van der Waals surface area contributed by atoms with Crippen molar-refractivity contribution in [3.8, 4) is 28.8 Å². The van der Waals surface area contributed by atoms with Crippen LogP contribution in [-0.2, 0) is 14.3 Å². The third-order valence-electron chi connectivity index (χ3n) is 7.20. The number of amides is 1. The molecule has 1 aliphatic heterocycles. The van der Waals surface area contributed by atoms with Gasteiger partial charge in [-0.1, -0.05) is 11.6 Å². The molecule has 5 rings (SSSR count). The minimum atomic E-state index is -0.954. The number of nitrogens with one attached hydrogen (secondary N) is 1. The molecule has 0 aliphatic carbocycles. The maximum Gasteiger partial charge on any atom is 0.515 e. The molecule has 1 aliphatic rings. The normalized spacial score (nSPS) is 15.3. The first-order valence-electron chi connectivity index (χ1n) is 14.1. The smallest absolute Gasteiger partial charge is 0.495 e. The molecule has 4 heterocycles. The van der Waals surface area contributed by atoms with E-state index in [2.05, 4.69) is 16.4 Å². The van der Waals surface area contributed by atoms with Gasteiger partial charge in [0.1, 0.15) is 17.4 Å². The van der Waals surface area contributed by atoms with Crippen molar-refractivity contribution in [1.82, 2.24) is 14.0 Å². The van der Waals surface area contributed by atoms with Crippen molar-refractivity contribution >= 4 is 35.0 Å². The molecule has 1 N–H and O–H groups in total. The Morgan fingerprint density at radius 1 is 1.18 bits per heavy atom. The van der Waals surface area contributed by atoms with E-state index in [9.17, 15) is 19.6 Å². The van der Waals surface area contributed by atoms with E-state index >= 15 is 0 Å². The van der Waals surface area contributed by atoms with Crippen LogP contribution in [0.5, 0.6) is 11.6 Å². The molecule has 1 amide bonds. The van der Waals surface area contributed by atoms with Crippen LogP contribution in [0.4, 0.5) is 10.5 Å². The predicted molar refractivity (Wildman–Crippen MR) is 161 cm³/mol. The zero-order valence-corrected chi connectivity index (χ0v) is 24.9. The topological polar surface area (TPSA) is 146 Å². The first-order chi connectivity index (χ1) is 21.3. The fraction of sp³-hybridized carbons (Fsp3) is 0.323. The van der Waals surface area contributed by atoms with Crippen LogP contribution < -0.4 is 20.3 Å². The van der Waals surface area contributed by atoms with Gasteiger partial charge < -0.3 is 28.7 Å². The molecule has 228 valence electrons. The van der Waals surface area contributed by atoms with Crippen LogP contribution in [0.1, 0.15) is 44.2 Å². The van der Waals surface area contributed by atoms with Gasteiger partial charge in [-0.3, -0.25) is 14.2 Å². The number of fused-ring (bicyclic) bond motifs is 1. The van der Waals surface area contributed by atoms with Crippen molar-refractivity contribution in [2.24, 2.45) is 0 Å². The Balaban J connectivity index is 1.48. The number of anilines is 1. The third-order valence-corrected chi connectivity index (χ3v) is 7.44. The standard InChI is InChI=1S/C31H30ClN5O7/c1-3-42-31(40)44-28-18-36-16-21(9-10-27(36)35-28)34-30(39)25(13-22-6-4-5-11-43-22)37-17-26(41-2)24(14-29(37)38)23-12-20(32)8-7-19(23)15-33/h7-10,12,14,16-18,22,25H,3-6,11,13H2,1-2H3,(H,34,39)/t22-,25?/m0/s1. The second-order valence-corrected chi connectivity index (χ2v) is 10.5. The summed E-state index contributed by atoms with van der Waals surface area (Å²) in [6, 6.07) is 10.6. The Bertz CT molecular complexity index is 1790. The summed E-state index contributed by atoms with van der Waals surface area (Å²) in [5.41, 5.74) is 1.58. The van der Waals surface area contributed by atoms with Crippen LogP contribution in [0.25, 0.3) is 16.8 Å². The van der Waals surface area contributed by atoms with E-state index in [1.54, 1.807) is 47.9 Å². The molecule has 2 atom stereocenters. The molecule has 1 fully saturated rings. The number of rotatable bonds is 9. The number of hydrogen-bond acceptors (Lipinski definition) is 9. The van der Waals surface area contributed by atoms with Crippen LogP contribution in [0.2, 0.25) is 5.02 Å². The Hall–Kier alpha value is -4.86. The number of aromatic nitrogens is 3. The lowest BCUT2D eigenvalue weighted by Crippen LogP contribution is -2.36. The van der Waals surface area contributed by atoms with E-state index in [1.807, 2.05) is 0 Å². The van der Waals surface area contributed by atoms with Gasteiger partial charge in [0, 0.05) is 41.4 Å². The van der Waals surface area contributed by atoms with E-state index in [1.165, 1.54) is 30.1 Å². The molecular weight excluding hydrogens is 590 g/mol. The zero-order chi connectivity index (χ0) is 31.2. The lowest BCUT2D eigenvalue weighted by Gasteiger charge is -2.28.